The molecule has 1 aromatic rings. The van der Waals surface area contributed by atoms with Crippen LogP contribution in [0.5, 0.6) is 0 Å². The Morgan fingerprint density at radius 1 is 1.24 bits per heavy atom. The number of sulfonamides is 1. The molecule has 0 bridgehead atoms. The fourth-order valence-electron chi connectivity index (χ4n) is 3.21. The van der Waals surface area contributed by atoms with E-state index >= 15 is 0 Å². The lowest BCUT2D eigenvalue weighted by molar-refractivity contribution is 0.0987. The molecule has 0 aromatic heterocycles. The average Bonchev–Trinajstić information content (AvgIpc) is 2.48. The molecule has 116 valence electrons. The molecule has 1 fully saturated rings. The van der Waals surface area contributed by atoms with Crippen LogP contribution in [-0.4, -0.2) is 26.9 Å². The maximum absolute atomic E-state index is 12.5. The number of fused-ring (bicyclic) bond motifs is 1. The highest BCUT2D eigenvalue weighted by atomic mass is 32.2. The van der Waals surface area contributed by atoms with E-state index in [1.165, 1.54) is 0 Å². The summed E-state index contributed by atoms with van der Waals surface area (Å²) in [6.45, 7) is 0.966. The Morgan fingerprint density at radius 2 is 2.10 bits per heavy atom. The van der Waals surface area contributed by atoms with Crippen LogP contribution in [0.1, 0.15) is 42.9 Å². The van der Waals surface area contributed by atoms with E-state index in [-0.39, 0.29) is 6.04 Å². The third kappa shape index (κ3) is 3.22. The first-order chi connectivity index (χ1) is 10.1. The molecule has 3 rings (SSSR count). The summed E-state index contributed by atoms with van der Waals surface area (Å²) >= 11 is 0. The Labute approximate surface area is 125 Å². The first kappa shape index (κ1) is 14.8. The molecule has 0 saturated carbocycles. The molecule has 0 spiro atoms. The number of benzene rings is 1. The molecule has 1 aliphatic carbocycles. The van der Waals surface area contributed by atoms with Crippen molar-refractivity contribution >= 4 is 15.7 Å². The number of hydrogen-bond acceptors (Lipinski definition) is 4. The molecule has 2 aliphatic rings. The topological polar surface area (TPSA) is 81.4 Å². The fraction of sp³-hybridized carbons (Fsp3) is 0.600. The fourth-order valence-corrected chi connectivity index (χ4v) is 4.79. The summed E-state index contributed by atoms with van der Waals surface area (Å²) in [5.41, 5.74) is 8.78. The molecule has 1 heterocycles. The number of nitrogen functional groups attached to an aromatic ring is 1. The second-order valence-electron chi connectivity index (χ2n) is 5.91. The summed E-state index contributed by atoms with van der Waals surface area (Å²) in [6, 6.07) is 5.62. The van der Waals surface area contributed by atoms with Crippen LogP contribution in [-0.2, 0) is 21.2 Å². The highest BCUT2D eigenvalue weighted by Crippen LogP contribution is 2.32. The van der Waals surface area contributed by atoms with Gasteiger partial charge in [0.1, 0.15) is 0 Å². The van der Waals surface area contributed by atoms with E-state index < -0.39 is 15.3 Å². The minimum Gasteiger partial charge on any atom is -0.399 e. The molecule has 5 nitrogen and oxygen atoms in total. The van der Waals surface area contributed by atoms with Gasteiger partial charge in [0.2, 0.25) is 10.0 Å². The Hall–Kier alpha value is -1.11. The minimum absolute atomic E-state index is 0.138. The number of nitrogens with one attached hydrogen (secondary N) is 1. The third-order valence-electron chi connectivity index (χ3n) is 4.35. The van der Waals surface area contributed by atoms with Gasteiger partial charge in [-0.05, 0) is 55.4 Å². The average molecular weight is 310 g/mol. The lowest BCUT2D eigenvalue weighted by atomic mass is 9.88. The van der Waals surface area contributed by atoms with E-state index in [1.54, 1.807) is 0 Å². The molecule has 0 amide bonds. The van der Waals surface area contributed by atoms with Crippen molar-refractivity contribution in [1.82, 2.24) is 4.72 Å². The van der Waals surface area contributed by atoms with E-state index in [0.29, 0.717) is 19.6 Å². The quantitative estimate of drug-likeness (QED) is 0.833. The number of aryl methyl sites for hydroxylation is 1. The van der Waals surface area contributed by atoms with Crippen LogP contribution in [0, 0.1) is 0 Å². The van der Waals surface area contributed by atoms with Crippen LogP contribution >= 0.6 is 0 Å². The van der Waals surface area contributed by atoms with Crippen molar-refractivity contribution in [2.24, 2.45) is 0 Å². The Bertz CT molecular complexity index is 609. The second-order valence-corrected chi connectivity index (χ2v) is 7.90. The third-order valence-corrected chi connectivity index (χ3v) is 6.21. The van der Waals surface area contributed by atoms with Crippen LogP contribution in [0.25, 0.3) is 0 Å². The van der Waals surface area contributed by atoms with Crippen LogP contribution in [0.2, 0.25) is 0 Å². The van der Waals surface area contributed by atoms with Gasteiger partial charge in [0.05, 0.1) is 11.9 Å². The second kappa shape index (κ2) is 5.94. The summed E-state index contributed by atoms with van der Waals surface area (Å²) in [4.78, 5) is 0. The van der Waals surface area contributed by atoms with Crippen LogP contribution in [0.4, 0.5) is 5.69 Å². The zero-order valence-electron chi connectivity index (χ0n) is 12.0. The Balaban J connectivity index is 1.79. The zero-order valence-corrected chi connectivity index (χ0v) is 12.9. The molecular weight excluding hydrogens is 288 g/mol. The number of rotatable bonds is 3. The standard InChI is InChI=1S/C15H22N2O3S/c16-12-6-7-14-11(9-12)3-1-5-15(14)17-21(18,19)13-4-2-8-20-10-13/h6-7,9,13,15,17H,1-5,8,10,16H2. The van der Waals surface area contributed by atoms with Gasteiger partial charge in [-0.1, -0.05) is 6.07 Å². The monoisotopic (exact) mass is 310 g/mol. The molecule has 2 unspecified atom stereocenters. The molecule has 1 saturated heterocycles. The summed E-state index contributed by atoms with van der Waals surface area (Å²) in [6.07, 6.45) is 4.26. The minimum atomic E-state index is -3.34. The van der Waals surface area contributed by atoms with E-state index in [0.717, 1.165) is 42.5 Å². The van der Waals surface area contributed by atoms with Gasteiger partial charge in [-0.25, -0.2) is 13.1 Å². The highest BCUT2D eigenvalue weighted by molar-refractivity contribution is 7.90. The number of ether oxygens (including phenoxy) is 1. The molecule has 0 radical (unpaired) electrons. The molecule has 6 heteroatoms. The van der Waals surface area contributed by atoms with Crippen LogP contribution < -0.4 is 10.5 Å². The molecule has 2 atom stereocenters. The van der Waals surface area contributed by atoms with Gasteiger partial charge in [-0.2, -0.15) is 0 Å². The van der Waals surface area contributed by atoms with Crippen LogP contribution in [0.15, 0.2) is 18.2 Å². The predicted octanol–water partition coefficient (Wildman–Crippen LogP) is 1.74. The van der Waals surface area contributed by atoms with Crippen molar-refractivity contribution in [3.05, 3.63) is 29.3 Å². The van der Waals surface area contributed by atoms with Crippen molar-refractivity contribution in [2.45, 2.75) is 43.4 Å². The van der Waals surface area contributed by atoms with Crippen LogP contribution in [0.3, 0.4) is 0 Å². The molecular formula is C15H22N2O3S. The van der Waals surface area contributed by atoms with E-state index in [2.05, 4.69) is 4.72 Å². The summed E-state index contributed by atoms with van der Waals surface area (Å²) in [5.74, 6) is 0. The lowest BCUT2D eigenvalue weighted by Gasteiger charge is -2.29. The van der Waals surface area contributed by atoms with Gasteiger partial charge < -0.3 is 10.5 Å². The number of anilines is 1. The smallest absolute Gasteiger partial charge is 0.217 e. The van der Waals surface area contributed by atoms with E-state index in [4.69, 9.17) is 10.5 Å². The normalized spacial score (nSPS) is 26.3. The van der Waals surface area contributed by atoms with Gasteiger partial charge in [0.15, 0.2) is 0 Å². The van der Waals surface area contributed by atoms with E-state index in [9.17, 15) is 8.42 Å². The van der Waals surface area contributed by atoms with Gasteiger partial charge in [-0.15, -0.1) is 0 Å². The highest BCUT2D eigenvalue weighted by Gasteiger charge is 2.32. The van der Waals surface area contributed by atoms with Gasteiger partial charge in [0.25, 0.3) is 0 Å². The van der Waals surface area contributed by atoms with E-state index in [1.807, 2.05) is 18.2 Å². The molecule has 3 N–H and O–H groups in total. The SMILES string of the molecule is Nc1ccc2c(c1)CCCC2NS(=O)(=O)C1CCCOC1. The number of nitrogens with two attached hydrogens (primary N) is 1. The van der Waals surface area contributed by atoms with Crippen molar-refractivity contribution in [3.63, 3.8) is 0 Å². The first-order valence-electron chi connectivity index (χ1n) is 7.53. The van der Waals surface area contributed by atoms with Crippen molar-refractivity contribution in [2.75, 3.05) is 18.9 Å². The van der Waals surface area contributed by atoms with Gasteiger partial charge in [0, 0.05) is 18.3 Å². The number of hydrogen-bond donors (Lipinski definition) is 2. The lowest BCUT2D eigenvalue weighted by Crippen LogP contribution is -2.41. The molecule has 1 aromatic carbocycles. The summed E-state index contributed by atoms with van der Waals surface area (Å²) < 4.78 is 33.2. The summed E-state index contributed by atoms with van der Waals surface area (Å²) in [5, 5.41) is -0.426. The predicted molar refractivity (Wildman–Crippen MR) is 82.4 cm³/mol. The van der Waals surface area contributed by atoms with Crippen molar-refractivity contribution < 1.29 is 13.2 Å². The van der Waals surface area contributed by atoms with Gasteiger partial charge in [-0.3, -0.25) is 0 Å². The maximum atomic E-state index is 12.5. The largest absolute Gasteiger partial charge is 0.399 e. The molecule has 1 aliphatic heterocycles. The first-order valence-corrected chi connectivity index (χ1v) is 9.08. The zero-order chi connectivity index (χ0) is 14.9. The molecule has 21 heavy (non-hydrogen) atoms. The van der Waals surface area contributed by atoms with Crippen molar-refractivity contribution in [3.8, 4) is 0 Å². The van der Waals surface area contributed by atoms with Crippen molar-refractivity contribution in [1.29, 1.82) is 0 Å². The Kier molecular flexibility index (Phi) is 4.19. The Morgan fingerprint density at radius 3 is 2.86 bits per heavy atom. The maximum Gasteiger partial charge on any atom is 0.217 e. The van der Waals surface area contributed by atoms with Gasteiger partial charge >= 0.3 is 0 Å². The summed E-state index contributed by atoms with van der Waals surface area (Å²) in [7, 11) is -3.34.